The van der Waals surface area contributed by atoms with Crippen LogP contribution in [0.5, 0.6) is 11.5 Å². The Balaban J connectivity index is 2.17. The molecule has 0 aromatic heterocycles. The molecule has 0 saturated heterocycles. The lowest BCUT2D eigenvalue weighted by Crippen LogP contribution is -2.09. The number of anilines is 1. The molecular formula is C14H15NO3S. The third-order valence-electron chi connectivity index (χ3n) is 2.39. The van der Waals surface area contributed by atoms with Crippen molar-refractivity contribution in [2.75, 3.05) is 11.0 Å². The average molecular weight is 277 g/mol. The maximum atomic E-state index is 11.2. The molecule has 4 nitrogen and oxygen atoms in total. The zero-order chi connectivity index (χ0) is 13.9. The van der Waals surface area contributed by atoms with Crippen molar-refractivity contribution in [2.24, 2.45) is 0 Å². The van der Waals surface area contributed by atoms with E-state index in [4.69, 9.17) is 4.74 Å². The second-order valence-corrected chi connectivity index (χ2v) is 6.07. The molecule has 0 fully saturated rings. The number of sulfonamides is 1. The number of aryl methyl sites for hydroxylation is 1. The van der Waals surface area contributed by atoms with Gasteiger partial charge in [-0.15, -0.1) is 0 Å². The number of rotatable bonds is 4. The zero-order valence-electron chi connectivity index (χ0n) is 10.8. The maximum Gasteiger partial charge on any atom is 0.229 e. The van der Waals surface area contributed by atoms with Crippen molar-refractivity contribution in [2.45, 2.75) is 6.92 Å². The molecule has 0 amide bonds. The van der Waals surface area contributed by atoms with E-state index in [1.165, 1.54) is 0 Å². The van der Waals surface area contributed by atoms with Crippen LogP contribution >= 0.6 is 0 Å². The summed E-state index contributed by atoms with van der Waals surface area (Å²) >= 11 is 0. The van der Waals surface area contributed by atoms with Crippen LogP contribution in [0.1, 0.15) is 5.56 Å². The normalized spacial score (nSPS) is 11.1. The van der Waals surface area contributed by atoms with E-state index >= 15 is 0 Å². The molecule has 2 rings (SSSR count). The van der Waals surface area contributed by atoms with Crippen molar-refractivity contribution in [1.29, 1.82) is 0 Å². The Morgan fingerprint density at radius 2 is 1.68 bits per heavy atom. The van der Waals surface area contributed by atoms with Crippen molar-refractivity contribution in [3.63, 3.8) is 0 Å². The largest absolute Gasteiger partial charge is 0.457 e. The minimum absolute atomic E-state index is 0.479. The molecule has 100 valence electrons. The summed E-state index contributed by atoms with van der Waals surface area (Å²) < 4.78 is 30.4. The fourth-order valence-corrected chi connectivity index (χ4v) is 2.13. The van der Waals surface area contributed by atoms with E-state index in [0.717, 1.165) is 11.8 Å². The van der Waals surface area contributed by atoms with Gasteiger partial charge in [-0.3, -0.25) is 4.72 Å². The van der Waals surface area contributed by atoms with E-state index in [-0.39, 0.29) is 0 Å². The highest BCUT2D eigenvalue weighted by Gasteiger charge is 2.03. The molecule has 0 aliphatic rings. The lowest BCUT2D eigenvalue weighted by atomic mass is 10.2. The molecule has 0 radical (unpaired) electrons. The van der Waals surface area contributed by atoms with Crippen LogP contribution in [-0.2, 0) is 10.0 Å². The number of hydrogen-bond acceptors (Lipinski definition) is 3. The predicted octanol–water partition coefficient (Wildman–Crippen LogP) is 3.16. The Hall–Kier alpha value is -2.01. The highest BCUT2D eigenvalue weighted by Crippen LogP contribution is 2.24. The summed E-state index contributed by atoms with van der Waals surface area (Å²) in [5.74, 6) is 1.29. The van der Waals surface area contributed by atoms with Gasteiger partial charge in [-0.2, -0.15) is 0 Å². The topological polar surface area (TPSA) is 55.4 Å². The highest BCUT2D eigenvalue weighted by molar-refractivity contribution is 7.92. The lowest BCUT2D eigenvalue weighted by Gasteiger charge is -2.08. The van der Waals surface area contributed by atoms with Crippen LogP contribution in [0.4, 0.5) is 5.69 Å². The average Bonchev–Trinajstić information content (AvgIpc) is 2.30. The van der Waals surface area contributed by atoms with Crippen molar-refractivity contribution < 1.29 is 13.2 Å². The Kier molecular flexibility index (Phi) is 3.76. The quantitative estimate of drug-likeness (QED) is 0.934. The number of nitrogens with one attached hydrogen (secondary N) is 1. The summed E-state index contributed by atoms with van der Waals surface area (Å²) in [6.45, 7) is 2.00. The van der Waals surface area contributed by atoms with Gasteiger partial charge in [0.2, 0.25) is 10.0 Å². The lowest BCUT2D eigenvalue weighted by molar-refractivity contribution is 0.483. The van der Waals surface area contributed by atoms with Gasteiger partial charge in [0, 0.05) is 6.07 Å². The summed E-state index contributed by atoms with van der Waals surface area (Å²) in [4.78, 5) is 0. The molecular weight excluding hydrogens is 262 g/mol. The second kappa shape index (κ2) is 5.32. The molecule has 2 aromatic rings. The van der Waals surface area contributed by atoms with E-state index in [1.54, 1.807) is 24.3 Å². The minimum Gasteiger partial charge on any atom is -0.457 e. The molecule has 5 heteroatoms. The third-order valence-corrected chi connectivity index (χ3v) is 3.00. The van der Waals surface area contributed by atoms with Gasteiger partial charge in [-0.05, 0) is 31.2 Å². The van der Waals surface area contributed by atoms with Crippen LogP contribution in [0.3, 0.4) is 0 Å². The zero-order valence-corrected chi connectivity index (χ0v) is 11.6. The Morgan fingerprint density at radius 3 is 2.32 bits per heavy atom. The first-order chi connectivity index (χ1) is 8.92. The fourth-order valence-electron chi connectivity index (χ4n) is 1.58. The van der Waals surface area contributed by atoms with E-state index in [9.17, 15) is 8.42 Å². The first-order valence-corrected chi connectivity index (χ1v) is 7.64. The van der Waals surface area contributed by atoms with Crippen molar-refractivity contribution in [1.82, 2.24) is 0 Å². The predicted molar refractivity (Wildman–Crippen MR) is 76.2 cm³/mol. The molecule has 0 atom stereocenters. The van der Waals surface area contributed by atoms with Gasteiger partial charge in [0.25, 0.3) is 0 Å². The van der Waals surface area contributed by atoms with E-state index in [2.05, 4.69) is 4.72 Å². The SMILES string of the molecule is Cc1ccc(Oc2cccc(NS(C)(=O)=O)c2)cc1. The first-order valence-electron chi connectivity index (χ1n) is 5.75. The molecule has 19 heavy (non-hydrogen) atoms. The summed E-state index contributed by atoms with van der Waals surface area (Å²) in [5.41, 5.74) is 1.63. The number of ether oxygens (including phenoxy) is 1. The molecule has 0 heterocycles. The molecule has 2 aromatic carbocycles. The number of hydrogen-bond donors (Lipinski definition) is 1. The van der Waals surface area contributed by atoms with Crippen LogP contribution in [-0.4, -0.2) is 14.7 Å². The van der Waals surface area contributed by atoms with Gasteiger partial charge < -0.3 is 4.74 Å². The molecule has 0 bridgehead atoms. The van der Waals surface area contributed by atoms with Gasteiger partial charge in [0.1, 0.15) is 11.5 Å². The monoisotopic (exact) mass is 277 g/mol. The summed E-state index contributed by atoms with van der Waals surface area (Å²) in [5, 5.41) is 0. The minimum atomic E-state index is -3.28. The third kappa shape index (κ3) is 4.30. The van der Waals surface area contributed by atoms with Gasteiger partial charge in [0.05, 0.1) is 11.9 Å². The standard InChI is InChI=1S/C14H15NO3S/c1-11-6-8-13(9-7-11)18-14-5-3-4-12(10-14)15-19(2,16)17/h3-10,15H,1-2H3. The maximum absolute atomic E-state index is 11.2. The molecule has 0 spiro atoms. The molecule has 0 saturated carbocycles. The first kappa shape index (κ1) is 13.4. The van der Waals surface area contributed by atoms with Crippen LogP contribution in [0.15, 0.2) is 48.5 Å². The van der Waals surface area contributed by atoms with E-state index in [0.29, 0.717) is 17.2 Å². The molecule has 0 aliphatic carbocycles. The van der Waals surface area contributed by atoms with Crippen LogP contribution in [0.2, 0.25) is 0 Å². The molecule has 0 unspecified atom stereocenters. The van der Waals surface area contributed by atoms with Crippen LogP contribution in [0, 0.1) is 6.92 Å². The Bertz CT molecular complexity index is 663. The second-order valence-electron chi connectivity index (χ2n) is 4.32. The van der Waals surface area contributed by atoms with Gasteiger partial charge >= 0.3 is 0 Å². The smallest absolute Gasteiger partial charge is 0.229 e. The van der Waals surface area contributed by atoms with Gasteiger partial charge in [0.15, 0.2) is 0 Å². The summed E-state index contributed by atoms with van der Waals surface area (Å²) in [6, 6.07) is 14.5. The van der Waals surface area contributed by atoms with Crippen molar-refractivity contribution >= 4 is 15.7 Å². The Morgan fingerprint density at radius 1 is 1.00 bits per heavy atom. The van der Waals surface area contributed by atoms with Crippen molar-refractivity contribution in [3.8, 4) is 11.5 Å². The molecule has 1 N–H and O–H groups in total. The highest BCUT2D eigenvalue weighted by atomic mass is 32.2. The number of benzene rings is 2. The van der Waals surface area contributed by atoms with Gasteiger partial charge in [-0.25, -0.2) is 8.42 Å². The summed E-state index contributed by atoms with van der Waals surface area (Å²) in [7, 11) is -3.28. The Labute approximate surface area is 113 Å². The van der Waals surface area contributed by atoms with Crippen LogP contribution < -0.4 is 9.46 Å². The van der Waals surface area contributed by atoms with Gasteiger partial charge in [-0.1, -0.05) is 23.8 Å². The molecule has 0 aliphatic heterocycles. The summed E-state index contributed by atoms with van der Waals surface area (Å²) in [6.07, 6.45) is 1.11. The van der Waals surface area contributed by atoms with E-state index in [1.807, 2.05) is 31.2 Å². The fraction of sp³-hybridized carbons (Fsp3) is 0.143. The van der Waals surface area contributed by atoms with E-state index < -0.39 is 10.0 Å². The van der Waals surface area contributed by atoms with Crippen LogP contribution in [0.25, 0.3) is 0 Å². The van der Waals surface area contributed by atoms with Crippen molar-refractivity contribution in [3.05, 3.63) is 54.1 Å².